The van der Waals surface area contributed by atoms with E-state index < -0.39 is 0 Å². The monoisotopic (exact) mass is 284 g/mol. The summed E-state index contributed by atoms with van der Waals surface area (Å²) in [6.45, 7) is 4.81. The molecule has 0 radical (unpaired) electrons. The van der Waals surface area contributed by atoms with Crippen LogP contribution in [0, 0.1) is 5.92 Å². The van der Waals surface area contributed by atoms with Crippen molar-refractivity contribution in [2.75, 3.05) is 6.54 Å². The van der Waals surface area contributed by atoms with Crippen LogP contribution >= 0.6 is 0 Å². The van der Waals surface area contributed by atoms with Gasteiger partial charge in [0.2, 0.25) is 5.91 Å². The van der Waals surface area contributed by atoms with Gasteiger partial charge in [-0.05, 0) is 35.2 Å². The molecule has 1 atom stereocenters. The number of hydrogen-bond donors (Lipinski definition) is 2. The minimum Gasteiger partial charge on any atom is -0.353 e. The van der Waals surface area contributed by atoms with E-state index in [4.69, 9.17) is 5.73 Å². The maximum Gasteiger partial charge on any atom is 0.224 e. The zero-order chi connectivity index (χ0) is 15.2. The van der Waals surface area contributed by atoms with Crippen molar-refractivity contribution in [1.29, 1.82) is 0 Å². The number of nitrogens with one attached hydrogen (secondary N) is 1. The fourth-order valence-corrected chi connectivity index (χ4v) is 2.54. The molecule has 3 heteroatoms. The second-order valence-corrected chi connectivity index (χ2v) is 5.85. The zero-order valence-corrected chi connectivity index (χ0v) is 12.8. The van der Waals surface area contributed by atoms with Gasteiger partial charge < -0.3 is 11.1 Å². The number of nitrogens with two attached hydrogens (primary N) is 1. The molecule has 3 nitrogen and oxygen atoms in total. The molecule has 0 saturated carbocycles. The van der Waals surface area contributed by atoms with Gasteiger partial charge in [0.1, 0.15) is 0 Å². The Kier molecular flexibility index (Phi) is 5.34. The second-order valence-electron chi connectivity index (χ2n) is 5.85. The fourth-order valence-electron chi connectivity index (χ4n) is 2.54. The minimum atomic E-state index is 0.0671. The van der Waals surface area contributed by atoms with Gasteiger partial charge in [-0.15, -0.1) is 0 Å². The Morgan fingerprint density at radius 1 is 1.14 bits per heavy atom. The summed E-state index contributed by atoms with van der Waals surface area (Å²) in [5, 5.41) is 5.47. The van der Waals surface area contributed by atoms with E-state index in [1.807, 2.05) is 18.2 Å². The first-order valence-electron chi connectivity index (χ1n) is 7.57. The smallest absolute Gasteiger partial charge is 0.224 e. The molecule has 112 valence electrons. The first-order valence-corrected chi connectivity index (χ1v) is 7.57. The van der Waals surface area contributed by atoms with Crippen LogP contribution in [0.25, 0.3) is 10.8 Å². The molecule has 0 aromatic heterocycles. The van der Waals surface area contributed by atoms with E-state index in [9.17, 15) is 4.79 Å². The van der Waals surface area contributed by atoms with Gasteiger partial charge in [0.15, 0.2) is 0 Å². The van der Waals surface area contributed by atoms with Crippen LogP contribution in [0.2, 0.25) is 0 Å². The molecule has 2 aromatic rings. The average Bonchev–Trinajstić information content (AvgIpc) is 2.46. The van der Waals surface area contributed by atoms with Crippen LogP contribution in [0.1, 0.15) is 25.8 Å². The maximum atomic E-state index is 12.2. The lowest BCUT2D eigenvalue weighted by molar-refractivity contribution is -0.121. The van der Waals surface area contributed by atoms with Gasteiger partial charge in [-0.2, -0.15) is 0 Å². The van der Waals surface area contributed by atoms with Crippen LogP contribution < -0.4 is 11.1 Å². The number of amides is 1. The Balaban J connectivity index is 2.03. The first kappa shape index (κ1) is 15.5. The Bertz CT molecular complexity index is 607. The highest BCUT2D eigenvalue weighted by Crippen LogP contribution is 2.16. The molecule has 0 aliphatic heterocycles. The van der Waals surface area contributed by atoms with E-state index >= 15 is 0 Å². The predicted octanol–water partition coefficient (Wildman–Crippen LogP) is 2.87. The molecule has 0 aliphatic carbocycles. The Labute approximate surface area is 126 Å². The molecule has 21 heavy (non-hydrogen) atoms. The summed E-state index contributed by atoms with van der Waals surface area (Å²) in [7, 11) is 0. The van der Waals surface area contributed by atoms with Crippen molar-refractivity contribution in [1.82, 2.24) is 5.32 Å². The number of carbonyl (C=O) groups is 1. The zero-order valence-electron chi connectivity index (χ0n) is 12.8. The lowest BCUT2D eigenvalue weighted by Gasteiger charge is -2.21. The number of rotatable bonds is 6. The molecule has 1 unspecified atom stereocenters. The van der Waals surface area contributed by atoms with Crippen LogP contribution in [0.15, 0.2) is 42.5 Å². The first-order chi connectivity index (χ1) is 10.1. The average molecular weight is 284 g/mol. The van der Waals surface area contributed by atoms with Gasteiger partial charge in [0.05, 0.1) is 6.42 Å². The van der Waals surface area contributed by atoms with Crippen molar-refractivity contribution in [3.63, 3.8) is 0 Å². The number of fused-ring (bicyclic) bond motifs is 1. The van der Waals surface area contributed by atoms with Crippen molar-refractivity contribution in [3.8, 4) is 0 Å². The third kappa shape index (κ3) is 4.30. The van der Waals surface area contributed by atoms with E-state index in [-0.39, 0.29) is 11.9 Å². The van der Waals surface area contributed by atoms with Crippen LogP contribution in [0.5, 0.6) is 0 Å². The molecule has 3 N–H and O–H groups in total. The SMILES string of the molecule is CC(C)C(CCN)NC(=O)Cc1ccc2ccccc2c1. The van der Waals surface area contributed by atoms with E-state index in [0.29, 0.717) is 18.9 Å². The van der Waals surface area contributed by atoms with Crippen LogP contribution in [-0.4, -0.2) is 18.5 Å². The summed E-state index contributed by atoms with van der Waals surface area (Å²) < 4.78 is 0. The van der Waals surface area contributed by atoms with Gasteiger partial charge in [0, 0.05) is 6.04 Å². The quantitative estimate of drug-likeness (QED) is 0.857. The highest BCUT2D eigenvalue weighted by atomic mass is 16.1. The minimum absolute atomic E-state index is 0.0671. The Morgan fingerprint density at radius 2 is 1.86 bits per heavy atom. The molecule has 0 heterocycles. The second kappa shape index (κ2) is 7.23. The van der Waals surface area contributed by atoms with Gasteiger partial charge in [0.25, 0.3) is 0 Å². The third-order valence-electron chi connectivity index (χ3n) is 3.81. The van der Waals surface area contributed by atoms with Crippen LogP contribution in [-0.2, 0) is 11.2 Å². The van der Waals surface area contributed by atoms with Gasteiger partial charge in [-0.1, -0.05) is 56.3 Å². The Hall–Kier alpha value is -1.87. The Morgan fingerprint density at radius 3 is 2.52 bits per heavy atom. The molecule has 0 bridgehead atoms. The third-order valence-corrected chi connectivity index (χ3v) is 3.81. The fraction of sp³-hybridized carbons (Fsp3) is 0.389. The van der Waals surface area contributed by atoms with Crippen molar-refractivity contribution in [2.45, 2.75) is 32.7 Å². The highest BCUT2D eigenvalue weighted by Gasteiger charge is 2.15. The number of carbonyl (C=O) groups excluding carboxylic acids is 1. The van der Waals surface area contributed by atoms with Gasteiger partial charge >= 0.3 is 0 Å². The van der Waals surface area contributed by atoms with Gasteiger partial charge in [-0.3, -0.25) is 4.79 Å². The van der Waals surface area contributed by atoms with E-state index in [0.717, 1.165) is 12.0 Å². The summed E-state index contributed by atoms with van der Waals surface area (Å²) in [6, 6.07) is 14.5. The maximum absolute atomic E-state index is 12.2. The number of benzene rings is 2. The predicted molar refractivity (Wildman–Crippen MR) is 88.1 cm³/mol. The van der Waals surface area contributed by atoms with Crippen molar-refractivity contribution >= 4 is 16.7 Å². The molecular formula is C18H24N2O. The lowest BCUT2D eigenvalue weighted by atomic mass is 10.00. The summed E-state index contributed by atoms with van der Waals surface area (Å²) in [5.41, 5.74) is 6.65. The van der Waals surface area contributed by atoms with Crippen LogP contribution in [0.4, 0.5) is 0 Å². The molecule has 2 aromatic carbocycles. The summed E-state index contributed by atoms with van der Waals surface area (Å²) in [6.07, 6.45) is 1.24. The molecule has 2 rings (SSSR count). The molecular weight excluding hydrogens is 260 g/mol. The molecule has 0 saturated heterocycles. The van der Waals surface area contributed by atoms with Crippen molar-refractivity contribution < 1.29 is 4.79 Å². The van der Waals surface area contributed by atoms with Crippen LogP contribution in [0.3, 0.4) is 0 Å². The van der Waals surface area contributed by atoms with Crippen molar-refractivity contribution in [2.24, 2.45) is 11.7 Å². The molecule has 0 aliphatic rings. The standard InChI is InChI=1S/C18H24N2O/c1-13(2)17(9-10-19)20-18(21)12-14-7-8-15-5-3-4-6-16(15)11-14/h3-8,11,13,17H,9-10,12,19H2,1-2H3,(H,20,21). The van der Waals surface area contributed by atoms with E-state index in [1.54, 1.807) is 0 Å². The largest absolute Gasteiger partial charge is 0.353 e. The van der Waals surface area contributed by atoms with E-state index in [1.165, 1.54) is 10.8 Å². The molecule has 0 spiro atoms. The lowest BCUT2D eigenvalue weighted by Crippen LogP contribution is -2.40. The highest BCUT2D eigenvalue weighted by molar-refractivity contribution is 5.85. The van der Waals surface area contributed by atoms with Gasteiger partial charge in [-0.25, -0.2) is 0 Å². The topological polar surface area (TPSA) is 55.1 Å². The van der Waals surface area contributed by atoms with E-state index in [2.05, 4.69) is 43.4 Å². The van der Waals surface area contributed by atoms with Crippen molar-refractivity contribution in [3.05, 3.63) is 48.0 Å². The normalized spacial score (nSPS) is 12.6. The molecule has 0 fully saturated rings. The molecule has 1 amide bonds. The summed E-state index contributed by atoms with van der Waals surface area (Å²) in [5.74, 6) is 0.464. The summed E-state index contributed by atoms with van der Waals surface area (Å²) in [4.78, 5) is 12.2. The summed E-state index contributed by atoms with van der Waals surface area (Å²) >= 11 is 0. The number of hydrogen-bond acceptors (Lipinski definition) is 2.